The third-order valence-electron chi connectivity index (χ3n) is 3.17. The first-order valence-electron chi connectivity index (χ1n) is 7.10. The van der Waals surface area contributed by atoms with Gasteiger partial charge in [-0.2, -0.15) is 13.2 Å². The van der Waals surface area contributed by atoms with Crippen molar-refractivity contribution >= 4 is 41.0 Å². The summed E-state index contributed by atoms with van der Waals surface area (Å²) in [6.07, 6.45) is 0. The average Bonchev–Trinajstić information content (AvgIpc) is 2.50. The van der Waals surface area contributed by atoms with Crippen molar-refractivity contribution in [3.8, 4) is 0 Å². The van der Waals surface area contributed by atoms with E-state index in [1.54, 1.807) is 5.32 Å². The molecule has 0 aromatic heterocycles. The number of anilines is 1. The van der Waals surface area contributed by atoms with Gasteiger partial charge in [0, 0.05) is 5.69 Å². The van der Waals surface area contributed by atoms with Crippen LogP contribution in [0.3, 0.4) is 0 Å². The van der Waals surface area contributed by atoms with Crippen LogP contribution in [-0.4, -0.2) is 17.4 Å². The van der Waals surface area contributed by atoms with Crippen LogP contribution < -0.4 is 10.6 Å². The van der Waals surface area contributed by atoms with Crippen LogP contribution in [0.1, 0.15) is 15.9 Å². The first-order chi connectivity index (χ1) is 12.5. The van der Waals surface area contributed by atoms with Gasteiger partial charge >= 0.3 is 11.5 Å². The number of urea groups is 1. The van der Waals surface area contributed by atoms with Crippen LogP contribution >= 0.6 is 23.4 Å². The van der Waals surface area contributed by atoms with Crippen molar-refractivity contribution in [2.45, 2.75) is 17.3 Å². The van der Waals surface area contributed by atoms with Crippen LogP contribution in [0.2, 0.25) is 5.02 Å². The van der Waals surface area contributed by atoms with E-state index < -0.39 is 51.3 Å². The molecule has 0 aliphatic heterocycles. The zero-order chi connectivity index (χ0) is 20.4. The van der Waals surface area contributed by atoms with Crippen LogP contribution in [0.15, 0.2) is 35.2 Å². The van der Waals surface area contributed by atoms with E-state index in [1.807, 2.05) is 0 Å². The molecule has 2 rings (SSSR count). The molecule has 0 aliphatic carbocycles. The van der Waals surface area contributed by atoms with E-state index in [4.69, 9.17) is 11.6 Å². The van der Waals surface area contributed by atoms with Crippen molar-refractivity contribution in [3.05, 3.63) is 58.1 Å². The van der Waals surface area contributed by atoms with Crippen LogP contribution in [0.5, 0.6) is 0 Å². The molecule has 0 aliphatic rings. The Hall–Kier alpha value is -2.33. The van der Waals surface area contributed by atoms with E-state index in [-0.39, 0.29) is 16.3 Å². The minimum atomic E-state index is -4.68. The summed E-state index contributed by atoms with van der Waals surface area (Å²) in [5, 5.41) is 3.69. The van der Waals surface area contributed by atoms with Gasteiger partial charge < -0.3 is 5.32 Å². The van der Waals surface area contributed by atoms with Crippen molar-refractivity contribution in [1.29, 1.82) is 0 Å². The fraction of sp³-hybridized carbons (Fsp3) is 0.125. The molecule has 0 radical (unpaired) electrons. The van der Waals surface area contributed by atoms with Gasteiger partial charge in [0.1, 0.15) is 11.6 Å². The summed E-state index contributed by atoms with van der Waals surface area (Å²) < 4.78 is 64.6. The number of benzene rings is 2. The molecule has 0 spiro atoms. The van der Waals surface area contributed by atoms with Gasteiger partial charge in [-0.15, -0.1) is 0 Å². The molecular formula is C16H10ClF5N2O2S. The molecule has 0 atom stereocenters. The zero-order valence-electron chi connectivity index (χ0n) is 13.4. The second kappa shape index (κ2) is 8.13. The number of thioether (sulfide) groups is 1. The van der Waals surface area contributed by atoms with Crippen LogP contribution in [0.25, 0.3) is 0 Å². The Bertz CT molecular complexity index is 885. The van der Waals surface area contributed by atoms with Gasteiger partial charge in [0.15, 0.2) is 0 Å². The maximum atomic E-state index is 13.8. The summed E-state index contributed by atoms with van der Waals surface area (Å²) in [6.45, 7) is 1.34. The smallest absolute Gasteiger partial charge is 0.307 e. The lowest BCUT2D eigenvalue weighted by atomic mass is 10.2. The second-order valence-electron chi connectivity index (χ2n) is 5.15. The van der Waals surface area contributed by atoms with Gasteiger partial charge in [0.05, 0.1) is 15.5 Å². The Labute approximate surface area is 159 Å². The highest BCUT2D eigenvalue weighted by Crippen LogP contribution is 2.39. The van der Waals surface area contributed by atoms with E-state index in [2.05, 4.69) is 5.32 Å². The van der Waals surface area contributed by atoms with Crippen molar-refractivity contribution in [2.24, 2.45) is 0 Å². The highest BCUT2D eigenvalue weighted by atomic mass is 35.5. The molecule has 4 nitrogen and oxygen atoms in total. The number of rotatable bonds is 3. The largest absolute Gasteiger partial charge is 0.446 e. The predicted octanol–water partition coefficient (Wildman–Crippen LogP) is 5.50. The van der Waals surface area contributed by atoms with Crippen molar-refractivity contribution in [3.63, 3.8) is 0 Å². The Morgan fingerprint density at radius 3 is 2.37 bits per heavy atom. The molecule has 27 heavy (non-hydrogen) atoms. The number of alkyl halides is 3. The fourth-order valence-corrected chi connectivity index (χ4v) is 2.92. The highest BCUT2D eigenvalue weighted by molar-refractivity contribution is 8.00. The third-order valence-corrected chi connectivity index (χ3v) is 4.25. The zero-order valence-corrected chi connectivity index (χ0v) is 15.0. The first-order valence-corrected chi connectivity index (χ1v) is 8.29. The highest BCUT2D eigenvalue weighted by Gasteiger charge is 2.31. The molecule has 2 aromatic rings. The SMILES string of the molecule is Cc1cc(SC(F)(F)F)c(F)cc1NC(=O)NC(=O)c1c(F)cccc1Cl. The molecular weight excluding hydrogens is 415 g/mol. The number of halogens is 6. The minimum absolute atomic E-state index is 0.120. The quantitative estimate of drug-likeness (QED) is 0.505. The molecule has 2 N–H and O–H groups in total. The molecule has 0 heterocycles. The Balaban J connectivity index is 2.14. The summed E-state index contributed by atoms with van der Waals surface area (Å²) in [4.78, 5) is 23.2. The van der Waals surface area contributed by atoms with Crippen LogP contribution in [-0.2, 0) is 0 Å². The number of nitrogens with one attached hydrogen (secondary N) is 2. The van der Waals surface area contributed by atoms with E-state index >= 15 is 0 Å². The molecule has 0 saturated carbocycles. The van der Waals surface area contributed by atoms with Crippen molar-refractivity contribution < 1.29 is 31.5 Å². The van der Waals surface area contributed by atoms with E-state index in [0.717, 1.165) is 12.1 Å². The fourth-order valence-electron chi connectivity index (χ4n) is 2.03. The molecule has 144 valence electrons. The lowest BCUT2D eigenvalue weighted by Gasteiger charge is -2.13. The Morgan fingerprint density at radius 1 is 1.11 bits per heavy atom. The molecule has 0 saturated heterocycles. The van der Waals surface area contributed by atoms with Gasteiger partial charge in [0.25, 0.3) is 5.91 Å². The number of aryl methyl sites for hydroxylation is 1. The second-order valence-corrected chi connectivity index (χ2v) is 6.66. The molecule has 2 aromatic carbocycles. The number of carbonyl (C=O) groups excluding carboxylic acids is 2. The lowest BCUT2D eigenvalue weighted by molar-refractivity contribution is -0.0329. The number of carbonyl (C=O) groups is 2. The van der Waals surface area contributed by atoms with Gasteiger partial charge in [-0.25, -0.2) is 13.6 Å². The summed E-state index contributed by atoms with van der Waals surface area (Å²) in [5.74, 6) is -3.30. The summed E-state index contributed by atoms with van der Waals surface area (Å²) in [6, 6.07) is 3.92. The standard InChI is InChI=1S/C16H10ClF5N2O2S/c1-7-5-12(27-16(20,21)22)10(19)6-11(7)23-15(26)24-14(25)13-8(17)3-2-4-9(13)18/h2-6H,1H3,(H2,23,24,25,26). The van der Waals surface area contributed by atoms with Crippen LogP contribution in [0, 0.1) is 18.6 Å². The molecule has 0 bridgehead atoms. The number of hydrogen-bond donors (Lipinski definition) is 2. The average molecular weight is 425 g/mol. The first kappa shape index (κ1) is 21.0. The minimum Gasteiger partial charge on any atom is -0.307 e. The van der Waals surface area contributed by atoms with Crippen molar-refractivity contribution in [1.82, 2.24) is 5.32 Å². The molecule has 0 unspecified atom stereocenters. The van der Waals surface area contributed by atoms with Gasteiger partial charge in [-0.05, 0) is 48.5 Å². The number of amides is 3. The van der Waals surface area contributed by atoms with E-state index in [1.165, 1.54) is 19.1 Å². The normalized spacial score (nSPS) is 11.2. The predicted molar refractivity (Wildman–Crippen MR) is 90.9 cm³/mol. The van der Waals surface area contributed by atoms with Crippen LogP contribution in [0.4, 0.5) is 32.4 Å². The third kappa shape index (κ3) is 5.57. The Kier molecular flexibility index (Phi) is 6.32. The van der Waals surface area contributed by atoms with Crippen molar-refractivity contribution in [2.75, 3.05) is 5.32 Å². The summed E-state index contributed by atoms with van der Waals surface area (Å²) in [7, 11) is 0. The van der Waals surface area contributed by atoms with Gasteiger partial charge in [0.2, 0.25) is 0 Å². The monoisotopic (exact) mass is 424 g/mol. The van der Waals surface area contributed by atoms with Gasteiger partial charge in [-0.1, -0.05) is 17.7 Å². The molecule has 3 amide bonds. The topological polar surface area (TPSA) is 58.2 Å². The molecule has 11 heteroatoms. The number of hydrogen-bond acceptors (Lipinski definition) is 3. The summed E-state index contributed by atoms with van der Waals surface area (Å²) >= 11 is 5.07. The molecule has 0 fully saturated rings. The van der Waals surface area contributed by atoms with E-state index in [0.29, 0.717) is 6.07 Å². The summed E-state index contributed by atoms with van der Waals surface area (Å²) in [5.41, 5.74) is -5.28. The Morgan fingerprint density at radius 2 is 1.78 bits per heavy atom. The maximum Gasteiger partial charge on any atom is 0.446 e. The lowest BCUT2D eigenvalue weighted by Crippen LogP contribution is -2.35. The maximum absolute atomic E-state index is 13.8. The van der Waals surface area contributed by atoms with E-state index in [9.17, 15) is 31.5 Å². The van der Waals surface area contributed by atoms with Gasteiger partial charge in [-0.3, -0.25) is 10.1 Å². The number of imide groups is 1.